The Morgan fingerprint density at radius 3 is 2.89 bits per heavy atom. The predicted octanol–water partition coefficient (Wildman–Crippen LogP) is 1.42. The van der Waals surface area contributed by atoms with Crippen LogP contribution in [0.4, 0.5) is 5.69 Å². The van der Waals surface area contributed by atoms with Crippen molar-refractivity contribution in [3.8, 4) is 5.69 Å². The molecule has 0 aliphatic rings. The number of hydrogen-bond acceptors (Lipinski definition) is 3. The van der Waals surface area contributed by atoms with Crippen molar-refractivity contribution in [2.45, 2.75) is 13.0 Å². The number of hydrogen-bond donors (Lipinski definition) is 2. The fourth-order valence-corrected chi connectivity index (χ4v) is 1.53. The van der Waals surface area contributed by atoms with Crippen LogP contribution in [-0.4, -0.2) is 28.8 Å². The molecule has 2 rings (SSSR count). The van der Waals surface area contributed by atoms with Gasteiger partial charge in [-0.25, -0.2) is 4.68 Å². The summed E-state index contributed by atoms with van der Waals surface area (Å²) < 4.78 is 1.75. The lowest BCUT2D eigenvalue weighted by Gasteiger charge is -2.11. The average Bonchev–Trinajstić information content (AvgIpc) is 2.92. The van der Waals surface area contributed by atoms with Crippen molar-refractivity contribution >= 4 is 11.6 Å². The molecule has 0 spiro atoms. The van der Waals surface area contributed by atoms with Crippen LogP contribution in [-0.2, 0) is 4.79 Å². The summed E-state index contributed by atoms with van der Waals surface area (Å²) in [6.07, 6.45) is 3.57. The maximum absolute atomic E-state index is 11.7. The van der Waals surface area contributed by atoms with Gasteiger partial charge in [0.15, 0.2) is 0 Å². The maximum atomic E-state index is 11.7. The highest BCUT2D eigenvalue weighted by atomic mass is 16.2. The zero-order valence-corrected chi connectivity index (χ0v) is 10.4. The van der Waals surface area contributed by atoms with E-state index < -0.39 is 0 Å². The monoisotopic (exact) mass is 244 g/mol. The summed E-state index contributed by atoms with van der Waals surface area (Å²) in [6.45, 7) is 1.81. The molecule has 0 fully saturated rings. The second-order valence-corrected chi connectivity index (χ2v) is 4.00. The van der Waals surface area contributed by atoms with Crippen molar-refractivity contribution in [1.29, 1.82) is 0 Å². The zero-order chi connectivity index (χ0) is 13.0. The first-order valence-corrected chi connectivity index (χ1v) is 5.79. The normalized spacial score (nSPS) is 12.1. The zero-order valence-electron chi connectivity index (χ0n) is 10.4. The Morgan fingerprint density at radius 2 is 2.22 bits per heavy atom. The Balaban J connectivity index is 2.16. The summed E-state index contributed by atoms with van der Waals surface area (Å²) in [5.41, 5.74) is 1.67. The Bertz CT molecular complexity index is 522. The van der Waals surface area contributed by atoms with Crippen LogP contribution in [0.25, 0.3) is 5.69 Å². The van der Waals surface area contributed by atoms with Crippen LogP contribution in [0.3, 0.4) is 0 Å². The number of likely N-dealkylation sites (N-methyl/N-ethyl adjacent to an activating group) is 1. The van der Waals surface area contributed by atoms with Crippen LogP contribution in [0.1, 0.15) is 6.92 Å². The van der Waals surface area contributed by atoms with Crippen LogP contribution in [0.15, 0.2) is 42.7 Å². The van der Waals surface area contributed by atoms with Gasteiger partial charge in [-0.3, -0.25) is 4.79 Å². The van der Waals surface area contributed by atoms with Gasteiger partial charge in [0.25, 0.3) is 0 Å². The molecule has 0 aliphatic heterocycles. The maximum Gasteiger partial charge on any atom is 0.241 e. The third kappa shape index (κ3) is 2.75. The van der Waals surface area contributed by atoms with E-state index in [9.17, 15) is 4.79 Å². The molecule has 18 heavy (non-hydrogen) atoms. The quantitative estimate of drug-likeness (QED) is 0.855. The molecule has 0 saturated carbocycles. The first kappa shape index (κ1) is 12.3. The van der Waals surface area contributed by atoms with Crippen LogP contribution < -0.4 is 10.6 Å². The fourth-order valence-electron chi connectivity index (χ4n) is 1.53. The Hall–Kier alpha value is -2.14. The molecule has 5 heteroatoms. The van der Waals surface area contributed by atoms with E-state index in [1.165, 1.54) is 0 Å². The van der Waals surface area contributed by atoms with Crippen molar-refractivity contribution in [2.24, 2.45) is 0 Å². The SMILES string of the molecule is CNC(C)C(=O)Nc1cccc(-n2cccn2)c1. The Kier molecular flexibility index (Phi) is 3.74. The van der Waals surface area contributed by atoms with E-state index in [4.69, 9.17) is 0 Å². The van der Waals surface area contributed by atoms with E-state index in [-0.39, 0.29) is 11.9 Å². The van der Waals surface area contributed by atoms with Gasteiger partial charge in [-0.15, -0.1) is 0 Å². The molecule has 1 atom stereocenters. The minimum atomic E-state index is -0.224. The third-order valence-electron chi connectivity index (χ3n) is 2.71. The molecule has 5 nitrogen and oxygen atoms in total. The first-order chi connectivity index (χ1) is 8.70. The van der Waals surface area contributed by atoms with Gasteiger partial charge in [0.05, 0.1) is 11.7 Å². The number of nitrogens with one attached hydrogen (secondary N) is 2. The number of carbonyl (C=O) groups is 1. The minimum Gasteiger partial charge on any atom is -0.325 e. The molecule has 1 aromatic carbocycles. The van der Waals surface area contributed by atoms with E-state index in [2.05, 4.69) is 15.7 Å². The van der Waals surface area contributed by atoms with E-state index in [0.29, 0.717) is 0 Å². The van der Waals surface area contributed by atoms with Gasteiger partial charge >= 0.3 is 0 Å². The summed E-state index contributed by atoms with van der Waals surface area (Å²) in [7, 11) is 1.75. The van der Waals surface area contributed by atoms with E-state index >= 15 is 0 Å². The molecule has 2 aromatic rings. The second-order valence-electron chi connectivity index (χ2n) is 4.00. The number of amides is 1. The molecule has 0 aliphatic carbocycles. The van der Waals surface area contributed by atoms with E-state index in [1.807, 2.05) is 43.5 Å². The number of aromatic nitrogens is 2. The van der Waals surface area contributed by atoms with Gasteiger partial charge < -0.3 is 10.6 Å². The molecular weight excluding hydrogens is 228 g/mol. The Labute approximate surface area is 106 Å². The van der Waals surface area contributed by atoms with Gasteiger partial charge in [0.2, 0.25) is 5.91 Å². The first-order valence-electron chi connectivity index (χ1n) is 5.79. The van der Waals surface area contributed by atoms with E-state index in [1.54, 1.807) is 17.9 Å². The summed E-state index contributed by atoms with van der Waals surface area (Å²) >= 11 is 0. The number of rotatable bonds is 4. The molecule has 0 radical (unpaired) electrons. The molecule has 1 unspecified atom stereocenters. The van der Waals surface area contributed by atoms with Crippen molar-refractivity contribution in [2.75, 3.05) is 12.4 Å². The third-order valence-corrected chi connectivity index (χ3v) is 2.71. The van der Waals surface area contributed by atoms with Gasteiger partial charge in [-0.05, 0) is 38.2 Å². The second kappa shape index (κ2) is 5.46. The lowest BCUT2D eigenvalue weighted by atomic mass is 10.2. The smallest absolute Gasteiger partial charge is 0.241 e. The van der Waals surface area contributed by atoms with Gasteiger partial charge in [-0.1, -0.05) is 6.07 Å². The highest BCUT2D eigenvalue weighted by Crippen LogP contribution is 2.14. The van der Waals surface area contributed by atoms with Crippen LogP contribution in [0.2, 0.25) is 0 Å². The molecular formula is C13H16N4O. The predicted molar refractivity (Wildman–Crippen MR) is 70.7 cm³/mol. The molecule has 94 valence electrons. The van der Waals surface area contributed by atoms with Crippen molar-refractivity contribution < 1.29 is 4.79 Å². The number of benzene rings is 1. The lowest BCUT2D eigenvalue weighted by molar-refractivity contribution is -0.117. The highest BCUT2D eigenvalue weighted by molar-refractivity contribution is 5.94. The largest absolute Gasteiger partial charge is 0.325 e. The van der Waals surface area contributed by atoms with Gasteiger partial charge in [0.1, 0.15) is 0 Å². The number of nitrogens with zero attached hydrogens (tertiary/aromatic N) is 2. The summed E-state index contributed by atoms with van der Waals surface area (Å²) in [5.74, 6) is -0.0601. The molecule has 1 aromatic heterocycles. The van der Waals surface area contributed by atoms with Crippen LogP contribution in [0, 0.1) is 0 Å². The summed E-state index contributed by atoms with van der Waals surface area (Å²) in [4.78, 5) is 11.7. The minimum absolute atomic E-state index is 0.0601. The van der Waals surface area contributed by atoms with Crippen molar-refractivity contribution in [3.05, 3.63) is 42.7 Å². The summed E-state index contributed by atoms with van der Waals surface area (Å²) in [5, 5.41) is 9.90. The molecule has 1 heterocycles. The average molecular weight is 244 g/mol. The van der Waals surface area contributed by atoms with Crippen molar-refractivity contribution in [1.82, 2.24) is 15.1 Å². The van der Waals surface area contributed by atoms with Gasteiger partial charge in [-0.2, -0.15) is 5.10 Å². The molecule has 0 bridgehead atoms. The molecule has 1 amide bonds. The number of anilines is 1. The van der Waals surface area contributed by atoms with Gasteiger partial charge in [0, 0.05) is 18.1 Å². The highest BCUT2D eigenvalue weighted by Gasteiger charge is 2.10. The fraction of sp³-hybridized carbons (Fsp3) is 0.231. The Morgan fingerprint density at radius 1 is 1.39 bits per heavy atom. The molecule has 2 N–H and O–H groups in total. The topological polar surface area (TPSA) is 59.0 Å². The lowest BCUT2D eigenvalue weighted by Crippen LogP contribution is -2.35. The molecule has 0 saturated heterocycles. The van der Waals surface area contributed by atoms with Crippen LogP contribution in [0.5, 0.6) is 0 Å². The summed E-state index contributed by atoms with van der Waals surface area (Å²) in [6, 6.07) is 9.19. The van der Waals surface area contributed by atoms with Crippen LogP contribution >= 0.6 is 0 Å². The number of carbonyl (C=O) groups excluding carboxylic acids is 1. The van der Waals surface area contributed by atoms with E-state index in [0.717, 1.165) is 11.4 Å². The standard InChI is InChI=1S/C13H16N4O/c1-10(14-2)13(18)16-11-5-3-6-12(9-11)17-8-4-7-15-17/h3-10,14H,1-2H3,(H,16,18). The van der Waals surface area contributed by atoms with Crippen molar-refractivity contribution in [3.63, 3.8) is 0 Å².